The Morgan fingerprint density at radius 1 is 1.11 bits per heavy atom. The first-order chi connectivity index (χ1) is 8.92. The minimum Gasteiger partial charge on any atom is -0.385 e. The second-order valence-electron chi connectivity index (χ2n) is 4.64. The van der Waals surface area contributed by atoms with Crippen molar-refractivity contribution in [2.75, 3.05) is 0 Å². The molecule has 0 radical (unpaired) electrons. The van der Waals surface area contributed by atoms with Gasteiger partial charge in [-0.05, 0) is 24.6 Å². The molecule has 0 aliphatic heterocycles. The van der Waals surface area contributed by atoms with Gasteiger partial charge in [0.1, 0.15) is 0 Å². The zero-order valence-corrected chi connectivity index (χ0v) is 11.1. The Labute approximate surface area is 115 Å². The van der Waals surface area contributed by atoms with Crippen molar-refractivity contribution < 1.29 is 13.9 Å². The molecular weight excluding hydrogens is 270 g/mol. The SMILES string of the molecule is CC(O)(Cc1cccc(F)c1F)c1ccccc1Cl. The first-order valence-corrected chi connectivity index (χ1v) is 6.20. The summed E-state index contributed by atoms with van der Waals surface area (Å²) in [5.74, 6) is -1.86. The van der Waals surface area contributed by atoms with Crippen molar-refractivity contribution in [3.63, 3.8) is 0 Å². The maximum absolute atomic E-state index is 13.6. The van der Waals surface area contributed by atoms with E-state index in [1.54, 1.807) is 24.3 Å². The zero-order valence-electron chi connectivity index (χ0n) is 10.3. The van der Waals surface area contributed by atoms with Gasteiger partial charge in [0, 0.05) is 17.0 Å². The van der Waals surface area contributed by atoms with Gasteiger partial charge >= 0.3 is 0 Å². The molecule has 1 unspecified atom stereocenters. The Kier molecular flexibility index (Phi) is 3.88. The zero-order chi connectivity index (χ0) is 14.0. The summed E-state index contributed by atoms with van der Waals surface area (Å²) in [7, 11) is 0. The maximum Gasteiger partial charge on any atom is 0.162 e. The summed E-state index contributed by atoms with van der Waals surface area (Å²) in [6.45, 7) is 1.53. The molecular formula is C15H13ClF2O. The summed E-state index contributed by atoms with van der Waals surface area (Å²) in [6.07, 6.45) is -0.0552. The molecule has 19 heavy (non-hydrogen) atoms. The van der Waals surface area contributed by atoms with Crippen LogP contribution in [0.3, 0.4) is 0 Å². The largest absolute Gasteiger partial charge is 0.385 e. The fourth-order valence-electron chi connectivity index (χ4n) is 2.05. The molecule has 0 bridgehead atoms. The van der Waals surface area contributed by atoms with E-state index >= 15 is 0 Å². The van der Waals surface area contributed by atoms with Crippen LogP contribution in [0.2, 0.25) is 5.02 Å². The molecule has 0 aliphatic carbocycles. The summed E-state index contributed by atoms with van der Waals surface area (Å²) >= 11 is 6.02. The van der Waals surface area contributed by atoms with Gasteiger partial charge in [0.15, 0.2) is 11.6 Å². The second kappa shape index (κ2) is 5.27. The van der Waals surface area contributed by atoms with Gasteiger partial charge in [-0.15, -0.1) is 0 Å². The van der Waals surface area contributed by atoms with Crippen molar-refractivity contribution in [3.8, 4) is 0 Å². The van der Waals surface area contributed by atoms with Crippen LogP contribution in [0.15, 0.2) is 42.5 Å². The van der Waals surface area contributed by atoms with Crippen LogP contribution in [0, 0.1) is 11.6 Å². The summed E-state index contributed by atoms with van der Waals surface area (Å²) in [4.78, 5) is 0. The Bertz CT molecular complexity index is 596. The summed E-state index contributed by atoms with van der Waals surface area (Å²) in [5.41, 5.74) is -0.766. The van der Waals surface area contributed by atoms with Crippen LogP contribution in [0.25, 0.3) is 0 Å². The van der Waals surface area contributed by atoms with Crippen LogP contribution in [0.4, 0.5) is 8.78 Å². The molecule has 4 heteroatoms. The predicted octanol–water partition coefficient (Wildman–Crippen LogP) is 4.07. The third kappa shape index (κ3) is 2.94. The molecule has 0 spiro atoms. The lowest BCUT2D eigenvalue weighted by Crippen LogP contribution is -2.25. The van der Waals surface area contributed by atoms with Crippen LogP contribution < -0.4 is 0 Å². The van der Waals surface area contributed by atoms with Gasteiger partial charge in [0.25, 0.3) is 0 Å². The fraction of sp³-hybridized carbons (Fsp3) is 0.200. The van der Waals surface area contributed by atoms with Gasteiger partial charge in [-0.2, -0.15) is 0 Å². The van der Waals surface area contributed by atoms with Crippen LogP contribution in [-0.2, 0) is 12.0 Å². The van der Waals surface area contributed by atoms with E-state index in [0.717, 1.165) is 6.07 Å². The lowest BCUT2D eigenvalue weighted by molar-refractivity contribution is 0.0566. The summed E-state index contributed by atoms with van der Waals surface area (Å²) in [6, 6.07) is 10.7. The van der Waals surface area contributed by atoms with E-state index in [9.17, 15) is 13.9 Å². The number of hydrogen-bond acceptors (Lipinski definition) is 1. The molecule has 2 aromatic carbocycles. The van der Waals surface area contributed by atoms with Crippen LogP contribution in [-0.4, -0.2) is 5.11 Å². The minimum absolute atomic E-state index is 0.0552. The van der Waals surface area contributed by atoms with E-state index in [0.29, 0.717) is 10.6 Å². The van der Waals surface area contributed by atoms with E-state index < -0.39 is 17.2 Å². The highest BCUT2D eigenvalue weighted by Gasteiger charge is 2.27. The topological polar surface area (TPSA) is 20.2 Å². The van der Waals surface area contributed by atoms with Crippen molar-refractivity contribution in [2.24, 2.45) is 0 Å². The molecule has 1 atom stereocenters. The average molecular weight is 283 g/mol. The maximum atomic E-state index is 13.6. The van der Waals surface area contributed by atoms with Crippen LogP contribution in [0.1, 0.15) is 18.1 Å². The molecule has 2 aromatic rings. The monoisotopic (exact) mass is 282 g/mol. The molecule has 0 aromatic heterocycles. The Morgan fingerprint density at radius 3 is 2.47 bits per heavy atom. The molecule has 1 nitrogen and oxygen atoms in total. The van der Waals surface area contributed by atoms with Gasteiger partial charge in [-0.25, -0.2) is 8.78 Å². The second-order valence-corrected chi connectivity index (χ2v) is 5.05. The van der Waals surface area contributed by atoms with Crippen LogP contribution >= 0.6 is 11.6 Å². The smallest absolute Gasteiger partial charge is 0.162 e. The standard InChI is InChI=1S/C15H13ClF2O/c1-15(19,11-6-2-3-7-12(11)16)9-10-5-4-8-13(17)14(10)18/h2-8,19H,9H2,1H3. The number of halogens is 3. The van der Waals surface area contributed by atoms with E-state index in [-0.39, 0.29) is 12.0 Å². The highest BCUT2D eigenvalue weighted by Crippen LogP contribution is 2.31. The molecule has 1 N–H and O–H groups in total. The highest BCUT2D eigenvalue weighted by atomic mass is 35.5. The normalized spacial score (nSPS) is 14.2. The molecule has 2 rings (SSSR count). The first-order valence-electron chi connectivity index (χ1n) is 5.82. The summed E-state index contributed by atoms with van der Waals surface area (Å²) in [5, 5.41) is 10.9. The van der Waals surface area contributed by atoms with Crippen molar-refractivity contribution in [2.45, 2.75) is 18.9 Å². The Hall–Kier alpha value is -1.45. The lowest BCUT2D eigenvalue weighted by Gasteiger charge is -2.25. The number of rotatable bonds is 3. The van der Waals surface area contributed by atoms with E-state index in [1.807, 2.05) is 0 Å². The Balaban J connectivity index is 2.36. The number of aliphatic hydroxyl groups is 1. The van der Waals surface area contributed by atoms with Gasteiger partial charge in [-0.1, -0.05) is 41.9 Å². The van der Waals surface area contributed by atoms with Gasteiger partial charge in [0.05, 0.1) is 5.60 Å². The average Bonchev–Trinajstić information content (AvgIpc) is 2.35. The van der Waals surface area contributed by atoms with Gasteiger partial charge < -0.3 is 5.11 Å². The quantitative estimate of drug-likeness (QED) is 0.900. The van der Waals surface area contributed by atoms with Crippen molar-refractivity contribution in [1.29, 1.82) is 0 Å². The van der Waals surface area contributed by atoms with E-state index in [4.69, 9.17) is 11.6 Å². The molecule has 100 valence electrons. The molecule has 0 saturated heterocycles. The Morgan fingerprint density at radius 2 is 1.79 bits per heavy atom. The fourth-order valence-corrected chi connectivity index (χ4v) is 2.39. The van der Waals surface area contributed by atoms with Crippen LogP contribution in [0.5, 0.6) is 0 Å². The lowest BCUT2D eigenvalue weighted by atomic mass is 9.89. The molecule has 0 saturated carbocycles. The number of hydrogen-bond donors (Lipinski definition) is 1. The molecule has 0 amide bonds. The molecule has 0 fully saturated rings. The van der Waals surface area contributed by atoms with Gasteiger partial charge in [-0.3, -0.25) is 0 Å². The van der Waals surface area contributed by atoms with Gasteiger partial charge in [0.2, 0.25) is 0 Å². The van der Waals surface area contributed by atoms with Crippen molar-refractivity contribution in [3.05, 3.63) is 70.2 Å². The summed E-state index contributed by atoms with van der Waals surface area (Å²) < 4.78 is 26.8. The molecule has 0 aliphatic rings. The third-order valence-electron chi connectivity index (χ3n) is 3.02. The highest BCUT2D eigenvalue weighted by molar-refractivity contribution is 6.31. The third-order valence-corrected chi connectivity index (χ3v) is 3.35. The first kappa shape index (κ1) is 14.0. The minimum atomic E-state index is -1.37. The number of benzene rings is 2. The van der Waals surface area contributed by atoms with Crippen molar-refractivity contribution >= 4 is 11.6 Å². The molecule has 0 heterocycles. The van der Waals surface area contributed by atoms with Crippen molar-refractivity contribution in [1.82, 2.24) is 0 Å². The van der Waals surface area contributed by atoms with E-state index in [2.05, 4.69) is 0 Å². The predicted molar refractivity (Wildman–Crippen MR) is 71.1 cm³/mol. The van der Waals surface area contributed by atoms with E-state index in [1.165, 1.54) is 19.1 Å².